The molecule has 0 aromatic rings. The Morgan fingerprint density at radius 3 is 0.700 bits per heavy atom. The van der Waals surface area contributed by atoms with Gasteiger partial charge in [-0.25, -0.2) is 0 Å². The Balaban J connectivity index is 13.9. The molecule has 0 rings (SSSR count). The van der Waals surface area contributed by atoms with Crippen LogP contribution < -0.4 is 0 Å². The van der Waals surface area contributed by atoms with Gasteiger partial charge in [-0.3, -0.25) is 0 Å². The summed E-state index contributed by atoms with van der Waals surface area (Å²) in [5, 5.41) is 0. The number of hydrogen-bond donors (Lipinski definition) is 0. The molecule has 0 heterocycles. The van der Waals surface area contributed by atoms with E-state index < -0.39 is 0 Å². The van der Waals surface area contributed by atoms with Gasteiger partial charge in [-0.1, -0.05) is 660 Å². The standard InChI is InChI=1S/C130H262/c1-23-44-59-66-69-79-100-124(90-58-37-15)112-127(111-121(85-40-18)97-72-53-32-10,115(22)108-118(83-38-16)93-70-51-30-8)128(113-122(86-41-19)98-73-54-33-11,107-104-117(89-57-36-14)92-78-67-60-45-24-2)129(114-123(87-42-20)99-74-55-34-12,106-82-101-116(88-56-35-13)91-75-62-47-26-4)130(105-43-21,125(102-80-65-50-29-7)103-81-68-61-46-25-3)126(109-119(84-39-17)94-71-52-31-9)110-120(95-76-63-48-27-5)96-77-64-49-28-6/h115-126H,23-114H2,1-22H3. The van der Waals surface area contributed by atoms with E-state index in [0.717, 1.165) is 65.1 Å². The van der Waals surface area contributed by atoms with Crippen molar-refractivity contribution in [3.63, 3.8) is 0 Å². The predicted molar refractivity (Wildman–Crippen MR) is 601 cm³/mol. The van der Waals surface area contributed by atoms with E-state index >= 15 is 0 Å². The van der Waals surface area contributed by atoms with Crippen molar-refractivity contribution in [2.24, 2.45) is 92.7 Å². The number of unbranched alkanes of at least 4 members (excludes halogenated alkanes) is 38. The fourth-order valence-electron chi connectivity index (χ4n) is 29.2. The first-order valence-corrected chi connectivity index (χ1v) is 63.6. The second-order valence-electron chi connectivity index (χ2n) is 47.4. The normalized spacial score (nSPS) is 16.7. The van der Waals surface area contributed by atoms with Crippen LogP contribution in [0.4, 0.5) is 0 Å². The van der Waals surface area contributed by atoms with Crippen LogP contribution in [-0.4, -0.2) is 0 Å². The maximum atomic E-state index is 3.30. The summed E-state index contributed by atoms with van der Waals surface area (Å²) in [5.74, 6) is 9.53. The molecule has 0 radical (unpaired) electrons. The zero-order valence-corrected chi connectivity index (χ0v) is 96.0. The van der Waals surface area contributed by atoms with Gasteiger partial charge < -0.3 is 0 Å². The maximum Gasteiger partial charge on any atom is -0.0171 e. The van der Waals surface area contributed by atoms with Crippen LogP contribution >= 0.6 is 0 Å². The van der Waals surface area contributed by atoms with Crippen molar-refractivity contribution in [2.45, 2.75) is 743 Å². The maximum absolute atomic E-state index is 3.30. The lowest BCUT2D eigenvalue weighted by atomic mass is 9.29. The molecule has 0 saturated carbocycles. The molecule has 0 aliphatic rings. The van der Waals surface area contributed by atoms with E-state index in [1.165, 1.54) is 527 Å². The summed E-state index contributed by atoms with van der Waals surface area (Å²) in [7, 11) is 0. The van der Waals surface area contributed by atoms with Crippen molar-refractivity contribution in [3.05, 3.63) is 0 Å². The Morgan fingerprint density at radius 2 is 0.362 bits per heavy atom. The largest absolute Gasteiger partial charge is 0.0654 e. The minimum atomic E-state index is 0.148. The molecule has 0 aromatic carbocycles. The van der Waals surface area contributed by atoms with Crippen LogP contribution in [0.1, 0.15) is 743 Å². The van der Waals surface area contributed by atoms with Crippen LogP contribution in [0.25, 0.3) is 0 Å². The van der Waals surface area contributed by atoms with Gasteiger partial charge in [0.1, 0.15) is 0 Å². The average Bonchev–Trinajstić information content (AvgIpc) is 0.672. The van der Waals surface area contributed by atoms with Gasteiger partial charge in [0.15, 0.2) is 0 Å². The third kappa shape index (κ3) is 56.0. The lowest BCUT2D eigenvalue weighted by molar-refractivity contribution is -0.264. The average molecular weight is 1830 g/mol. The molecule has 15 unspecified atom stereocenters. The van der Waals surface area contributed by atoms with Crippen molar-refractivity contribution >= 4 is 0 Å². The van der Waals surface area contributed by atoms with Crippen molar-refractivity contribution in [3.8, 4) is 0 Å². The van der Waals surface area contributed by atoms with Crippen molar-refractivity contribution in [1.29, 1.82) is 0 Å². The molecule has 0 bridgehead atoms. The highest BCUT2D eigenvalue weighted by molar-refractivity contribution is 5.20. The molecule has 0 fully saturated rings. The molecule has 0 aliphatic heterocycles. The molecule has 0 aromatic heterocycles. The fraction of sp³-hybridized carbons (Fsp3) is 1.00. The van der Waals surface area contributed by atoms with E-state index in [2.05, 4.69) is 152 Å². The van der Waals surface area contributed by atoms with E-state index in [1.54, 1.807) is 64.2 Å². The lowest BCUT2D eigenvalue weighted by Gasteiger charge is -2.75. The molecule has 782 valence electrons. The van der Waals surface area contributed by atoms with Crippen LogP contribution in [0.2, 0.25) is 0 Å². The predicted octanol–water partition coefficient (Wildman–Crippen LogP) is 48.7. The Labute approximate surface area is 830 Å². The molecule has 0 saturated heterocycles. The van der Waals surface area contributed by atoms with E-state index in [9.17, 15) is 0 Å². The molecule has 0 nitrogen and oxygen atoms in total. The molecule has 15 atom stereocenters. The van der Waals surface area contributed by atoms with Gasteiger partial charge in [-0.05, 0) is 176 Å². The van der Waals surface area contributed by atoms with Gasteiger partial charge in [0, 0.05) is 0 Å². The first kappa shape index (κ1) is 130. The van der Waals surface area contributed by atoms with Crippen molar-refractivity contribution in [1.82, 2.24) is 0 Å². The van der Waals surface area contributed by atoms with Gasteiger partial charge in [0.05, 0.1) is 0 Å². The third-order valence-corrected chi connectivity index (χ3v) is 36.1. The van der Waals surface area contributed by atoms with E-state index in [-0.39, 0.29) is 21.7 Å². The van der Waals surface area contributed by atoms with Crippen LogP contribution in [0.15, 0.2) is 0 Å². The van der Waals surface area contributed by atoms with Gasteiger partial charge in [-0.2, -0.15) is 0 Å². The number of rotatable bonds is 107. The lowest BCUT2D eigenvalue weighted by Crippen LogP contribution is -2.68. The summed E-state index contributed by atoms with van der Waals surface area (Å²) >= 11 is 0. The summed E-state index contributed by atoms with van der Waals surface area (Å²) in [5.41, 5.74) is 0.686. The van der Waals surface area contributed by atoms with Crippen LogP contribution in [0, 0.1) is 92.7 Å². The minimum absolute atomic E-state index is 0.148. The highest BCUT2D eigenvalue weighted by Crippen LogP contribution is 2.80. The second-order valence-corrected chi connectivity index (χ2v) is 47.4. The first-order chi connectivity index (χ1) is 63.6. The SMILES string of the molecule is CCCCCCCCC(CCCC)CC(CC(CCC)CCCCC)(C(C)CC(CCC)CCCCC)C(CCC(CCCC)CCCCCCC)(CC(CCC)CCCCC)C(CCCC(CCCC)CCCCCC)(CC(CCC)CCCCC)C(CCC)(C(CCCCCC)CCCCCCC)C(CC(CCC)CCCCC)CC(CCCCCC)CCCCCC. The molecule has 0 heteroatoms. The topological polar surface area (TPSA) is 0 Å². The van der Waals surface area contributed by atoms with Gasteiger partial charge in [0.2, 0.25) is 0 Å². The molecule has 0 amide bonds. The van der Waals surface area contributed by atoms with Crippen LogP contribution in [0.5, 0.6) is 0 Å². The fourth-order valence-corrected chi connectivity index (χ4v) is 29.2. The molecular formula is C130H262. The van der Waals surface area contributed by atoms with Crippen molar-refractivity contribution in [2.75, 3.05) is 0 Å². The third-order valence-electron chi connectivity index (χ3n) is 36.1. The van der Waals surface area contributed by atoms with E-state index in [0.29, 0.717) is 5.92 Å². The summed E-state index contributed by atoms with van der Waals surface area (Å²) in [6.45, 7) is 58.4. The summed E-state index contributed by atoms with van der Waals surface area (Å²) in [6.07, 6.45) is 134. The molecular weight excluding hydrogens is 1560 g/mol. The second kappa shape index (κ2) is 91.5. The van der Waals surface area contributed by atoms with E-state index in [4.69, 9.17) is 0 Å². The first-order valence-electron chi connectivity index (χ1n) is 63.6. The van der Waals surface area contributed by atoms with Gasteiger partial charge >= 0.3 is 0 Å². The smallest absolute Gasteiger partial charge is 0.0171 e. The Hall–Kier alpha value is 0. The molecule has 0 spiro atoms. The van der Waals surface area contributed by atoms with E-state index in [1.807, 2.05) is 0 Å². The molecule has 130 heavy (non-hydrogen) atoms. The van der Waals surface area contributed by atoms with Crippen LogP contribution in [0.3, 0.4) is 0 Å². The minimum Gasteiger partial charge on any atom is -0.0654 e. The zero-order chi connectivity index (χ0) is 96.0. The highest BCUT2D eigenvalue weighted by atomic mass is 14.8. The summed E-state index contributed by atoms with van der Waals surface area (Å²) < 4.78 is 0. The monoisotopic (exact) mass is 1820 g/mol. The number of hydrogen-bond acceptors (Lipinski definition) is 0. The Morgan fingerprint density at radius 1 is 0.138 bits per heavy atom. The highest BCUT2D eigenvalue weighted by Gasteiger charge is 2.72. The van der Waals surface area contributed by atoms with Gasteiger partial charge in [0.25, 0.3) is 0 Å². The quantitative estimate of drug-likeness (QED) is 0.0533. The Bertz CT molecular complexity index is 2190. The molecule has 0 N–H and O–H groups in total. The van der Waals surface area contributed by atoms with Gasteiger partial charge in [-0.15, -0.1) is 0 Å². The van der Waals surface area contributed by atoms with Crippen molar-refractivity contribution < 1.29 is 0 Å². The zero-order valence-electron chi connectivity index (χ0n) is 96.0. The Kier molecular flexibility index (Phi) is 91.5. The summed E-state index contributed by atoms with van der Waals surface area (Å²) in [6, 6.07) is 0. The summed E-state index contributed by atoms with van der Waals surface area (Å²) in [4.78, 5) is 0. The van der Waals surface area contributed by atoms with Crippen LogP contribution in [-0.2, 0) is 0 Å². The molecule has 0 aliphatic carbocycles.